The van der Waals surface area contributed by atoms with E-state index in [-0.39, 0.29) is 12.4 Å². The lowest BCUT2D eigenvalue weighted by Crippen LogP contribution is -2.44. The molecule has 0 bridgehead atoms. The molecular formula is C23H32ClNO. The van der Waals surface area contributed by atoms with Crippen molar-refractivity contribution in [1.29, 1.82) is 0 Å². The van der Waals surface area contributed by atoms with E-state index in [4.69, 9.17) is 0 Å². The minimum absolute atomic E-state index is 0. The van der Waals surface area contributed by atoms with Gasteiger partial charge in [-0.15, -0.1) is 12.4 Å². The van der Waals surface area contributed by atoms with Gasteiger partial charge in [-0.2, -0.15) is 0 Å². The standard InChI is InChI=1S/C23H31NO.ClH/c1-19-11-9-12-20(2)24(19)18-10-17-23(25,21-13-5-3-6-14-21)22-15-7-4-8-16-22;/h3-8,13-16,19-20,25H,9-12,17-18H2,1-2H3;1H. The van der Waals surface area contributed by atoms with Gasteiger partial charge in [0.25, 0.3) is 0 Å². The van der Waals surface area contributed by atoms with Gasteiger partial charge in [-0.3, -0.25) is 4.90 Å². The van der Waals surface area contributed by atoms with Gasteiger partial charge in [-0.05, 0) is 57.2 Å². The largest absolute Gasteiger partial charge is 0.380 e. The van der Waals surface area contributed by atoms with Gasteiger partial charge in [-0.1, -0.05) is 67.1 Å². The zero-order chi connectivity index (χ0) is 17.7. The average molecular weight is 374 g/mol. The van der Waals surface area contributed by atoms with Crippen molar-refractivity contribution in [3.63, 3.8) is 0 Å². The number of aliphatic hydroxyl groups is 1. The van der Waals surface area contributed by atoms with Crippen LogP contribution in [0.5, 0.6) is 0 Å². The first-order valence-corrected chi connectivity index (χ1v) is 9.70. The molecule has 1 aliphatic rings. The van der Waals surface area contributed by atoms with Crippen LogP contribution in [0.1, 0.15) is 57.1 Å². The Labute approximate surface area is 164 Å². The number of likely N-dealkylation sites (tertiary alicyclic amines) is 1. The highest BCUT2D eigenvalue weighted by Gasteiger charge is 2.32. The molecule has 2 unspecified atom stereocenters. The molecular weight excluding hydrogens is 342 g/mol. The molecule has 0 radical (unpaired) electrons. The first-order valence-electron chi connectivity index (χ1n) is 9.70. The summed E-state index contributed by atoms with van der Waals surface area (Å²) in [5, 5.41) is 11.6. The summed E-state index contributed by atoms with van der Waals surface area (Å²) < 4.78 is 0. The second kappa shape index (κ2) is 9.55. The van der Waals surface area contributed by atoms with E-state index in [1.165, 1.54) is 19.3 Å². The number of nitrogens with zero attached hydrogens (tertiary/aromatic N) is 1. The molecule has 1 N–H and O–H groups in total. The molecule has 0 spiro atoms. The minimum atomic E-state index is -0.912. The summed E-state index contributed by atoms with van der Waals surface area (Å²) in [5.41, 5.74) is 1.06. The van der Waals surface area contributed by atoms with Gasteiger partial charge in [0.15, 0.2) is 0 Å². The molecule has 1 heterocycles. The fourth-order valence-electron chi connectivity index (χ4n) is 4.32. The van der Waals surface area contributed by atoms with E-state index < -0.39 is 5.60 Å². The van der Waals surface area contributed by atoms with Crippen molar-refractivity contribution in [2.45, 2.75) is 63.6 Å². The van der Waals surface area contributed by atoms with Crippen LogP contribution in [0.15, 0.2) is 60.7 Å². The van der Waals surface area contributed by atoms with Crippen molar-refractivity contribution in [3.8, 4) is 0 Å². The molecule has 3 rings (SSSR count). The van der Waals surface area contributed by atoms with E-state index in [0.717, 1.165) is 30.5 Å². The molecule has 26 heavy (non-hydrogen) atoms. The van der Waals surface area contributed by atoms with Crippen LogP contribution in [0, 0.1) is 0 Å². The molecule has 0 saturated carbocycles. The molecule has 2 aromatic carbocycles. The first-order chi connectivity index (χ1) is 12.1. The number of rotatable bonds is 6. The maximum atomic E-state index is 11.6. The fourth-order valence-corrected chi connectivity index (χ4v) is 4.32. The highest BCUT2D eigenvalue weighted by atomic mass is 35.5. The Balaban J connectivity index is 0.00000243. The van der Waals surface area contributed by atoms with Crippen LogP contribution in [0.2, 0.25) is 0 Å². The maximum Gasteiger partial charge on any atom is 0.115 e. The Hall–Kier alpha value is -1.35. The fraction of sp³-hybridized carbons (Fsp3) is 0.478. The number of hydrogen-bond acceptors (Lipinski definition) is 2. The topological polar surface area (TPSA) is 23.5 Å². The Kier molecular flexibility index (Phi) is 7.69. The quantitative estimate of drug-likeness (QED) is 0.734. The van der Waals surface area contributed by atoms with Gasteiger partial charge in [0.1, 0.15) is 5.60 Å². The molecule has 2 aromatic rings. The lowest BCUT2D eigenvalue weighted by atomic mass is 9.82. The lowest BCUT2D eigenvalue weighted by Gasteiger charge is -2.40. The summed E-state index contributed by atoms with van der Waals surface area (Å²) >= 11 is 0. The molecule has 2 atom stereocenters. The molecule has 142 valence electrons. The molecule has 0 aromatic heterocycles. The molecule has 0 aliphatic carbocycles. The number of benzene rings is 2. The third-order valence-corrected chi connectivity index (χ3v) is 5.83. The van der Waals surface area contributed by atoms with E-state index in [9.17, 15) is 5.11 Å². The predicted molar refractivity (Wildman–Crippen MR) is 112 cm³/mol. The van der Waals surface area contributed by atoms with Crippen LogP contribution in [0.25, 0.3) is 0 Å². The van der Waals surface area contributed by atoms with Crippen molar-refractivity contribution in [3.05, 3.63) is 71.8 Å². The van der Waals surface area contributed by atoms with Gasteiger partial charge < -0.3 is 5.11 Å². The van der Waals surface area contributed by atoms with E-state index in [1.807, 2.05) is 60.7 Å². The van der Waals surface area contributed by atoms with E-state index in [1.54, 1.807) is 0 Å². The van der Waals surface area contributed by atoms with Crippen molar-refractivity contribution in [2.75, 3.05) is 6.54 Å². The van der Waals surface area contributed by atoms with Gasteiger partial charge in [0.2, 0.25) is 0 Å². The Morgan fingerprint density at radius 3 is 1.81 bits per heavy atom. The van der Waals surface area contributed by atoms with Crippen LogP contribution in [-0.2, 0) is 5.60 Å². The second-order valence-electron chi connectivity index (χ2n) is 7.56. The first kappa shape index (κ1) is 21.0. The molecule has 3 heteroatoms. The Morgan fingerprint density at radius 1 is 0.885 bits per heavy atom. The summed E-state index contributed by atoms with van der Waals surface area (Å²) in [6.45, 7) is 5.75. The van der Waals surface area contributed by atoms with Crippen LogP contribution >= 0.6 is 12.4 Å². The van der Waals surface area contributed by atoms with Gasteiger partial charge in [-0.25, -0.2) is 0 Å². The summed E-state index contributed by atoms with van der Waals surface area (Å²) in [7, 11) is 0. The molecule has 1 saturated heterocycles. The maximum absolute atomic E-state index is 11.6. The number of hydrogen-bond donors (Lipinski definition) is 1. The minimum Gasteiger partial charge on any atom is -0.380 e. The summed E-state index contributed by atoms with van der Waals surface area (Å²) in [6, 6.07) is 21.5. The van der Waals surface area contributed by atoms with Gasteiger partial charge >= 0.3 is 0 Å². The Morgan fingerprint density at radius 2 is 1.35 bits per heavy atom. The highest BCUT2D eigenvalue weighted by molar-refractivity contribution is 5.85. The normalized spacial score (nSPS) is 21.2. The van der Waals surface area contributed by atoms with Gasteiger partial charge in [0, 0.05) is 12.1 Å². The zero-order valence-corrected chi connectivity index (χ0v) is 16.8. The van der Waals surface area contributed by atoms with E-state index >= 15 is 0 Å². The highest BCUT2D eigenvalue weighted by Crippen LogP contribution is 2.34. The van der Waals surface area contributed by atoms with Crippen LogP contribution in [-0.4, -0.2) is 28.6 Å². The van der Waals surface area contributed by atoms with Crippen LogP contribution in [0.3, 0.4) is 0 Å². The summed E-state index contributed by atoms with van der Waals surface area (Å²) in [4.78, 5) is 2.62. The smallest absolute Gasteiger partial charge is 0.115 e. The Bertz CT molecular complexity index is 596. The van der Waals surface area contributed by atoms with Crippen molar-refractivity contribution in [2.24, 2.45) is 0 Å². The van der Waals surface area contributed by atoms with Crippen molar-refractivity contribution in [1.82, 2.24) is 4.90 Å². The van der Waals surface area contributed by atoms with Crippen LogP contribution in [0.4, 0.5) is 0 Å². The zero-order valence-electron chi connectivity index (χ0n) is 16.0. The number of halogens is 1. The molecule has 1 aliphatic heterocycles. The molecule has 0 amide bonds. The monoisotopic (exact) mass is 373 g/mol. The summed E-state index contributed by atoms with van der Waals surface area (Å²) in [5.74, 6) is 0. The van der Waals surface area contributed by atoms with E-state index in [2.05, 4.69) is 18.7 Å². The third-order valence-electron chi connectivity index (χ3n) is 5.83. The lowest BCUT2D eigenvalue weighted by molar-refractivity contribution is 0.0522. The van der Waals surface area contributed by atoms with Crippen molar-refractivity contribution < 1.29 is 5.11 Å². The predicted octanol–water partition coefficient (Wildman–Crippen LogP) is 5.39. The number of piperidine rings is 1. The summed E-state index contributed by atoms with van der Waals surface area (Å²) in [6.07, 6.45) is 5.68. The molecule has 1 fully saturated rings. The van der Waals surface area contributed by atoms with Gasteiger partial charge in [0.05, 0.1) is 0 Å². The van der Waals surface area contributed by atoms with Crippen molar-refractivity contribution >= 4 is 12.4 Å². The molecule has 2 nitrogen and oxygen atoms in total. The average Bonchev–Trinajstić information content (AvgIpc) is 2.65. The van der Waals surface area contributed by atoms with Crippen LogP contribution < -0.4 is 0 Å². The second-order valence-corrected chi connectivity index (χ2v) is 7.56. The third kappa shape index (κ3) is 4.68. The SMILES string of the molecule is CC1CCCC(C)N1CCCC(O)(c1ccccc1)c1ccccc1.Cl. The van der Waals surface area contributed by atoms with E-state index in [0.29, 0.717) is 12.1 Å².